The highest BCUT2D eigenvalue weighted by atomic mass is 16.1. The maximum atomic E-state index is 11.1. The zero-order chi connectivity index (χ0) is 12.5. The number of nitrogens with zero attached hydrogens (tertiary/aromatic N) is 1. The fourth-order valence-electron chi connectivity index (χ4n) is 3.98. The Morgan fingerprint density at radius 2 is 2.11 bits per heavy atom. The molecule has 1 aromatic rings. The Balaban J connectivity index is 1.71. The molecule has 3 atom stereocenters. The molecule has 18 heavy (non-hydrogen) atoms. The lowest BCUT2D eigenvalue weighted by Gasteiger charge is -2.29. The molecule has 2 bridgehead atoms. The van der Waals surface area contributed by atoms with Crippen molar-refractivity contribution < 1.29 is 4.79 Å². The summed E-state index contributed by atoms with van der Waals surface area (Å²) in [5.74, 6) is 2.78. The Bertz CT molecular complexity index is 442. The highest BCUT2D eigenvalue weighted by molar-refractivity contribution is 5.84. The topological polar surface area (TPSA) is 20.3 Å². The van der Waals surface area contributed by atoms with Crippen molar-refractivity contribution in [2.45, 2.75) is 25.7 Å². The molecule has 2 nitrogen and oxygen atoms in total. The highest BCUT2D eigenvalue weighted by Crippen LogP contribution is 2.48. The molecule has 0 radical (unpaired) electrons. The van der Waals surface area contributed by atoms with Crippen LogP contribution < -0.4 is 4.90 Å². The third-order valence-corrected chi connectivity index (χ3v) is 4.87. The van der Waals surface area contributed by atoms with Gasteiger partial charge in [-0.3, -0.25) is 4.79 Å². The summed E-state index contributed by atoms with van der Waals surface area (Å²) in [5.41, 5.74) is 1.89. The van der Waals surface area contributed by atoms with Crippen LogP contribution in [0.15, 0.2) is 24.3 Å². The number of fused-ring (bicyclic) bond motifs is 2. The van der Waals surface area contributed by atoms with Gasteiger partial charge < -0.3 is 4.90 Å². The van der Waals surface area contributed by atoms with Crippen molar-refractivity contribution in [3.8, 4) is 0 Å². The van der Waals surface area contributed by atoms with E-state index in [-0.39, 0.29) is 0 Å². The number of anilines is 1. The van der Waals surface area contributed by atoms with E-state index in [1.165, 1.54) is 25.7 Å². The highest BCUT2D eigenvalue weighted by Gasteiger charge is 2.39. The average molecular weight is 243 g/mol. The summed E-state index contributed by atoms with van der Waals surface area (Å²) >= 11 is 0. The smallest absolute Gasteiger partial charge is 0.152 e. The Kier molecular flexibility index (Phi) is 3.11. The van der Waals surface area contributed by atoms with Crippen LogP contribution in [0, 0.1) is 17.8 Å². The molecular formula is C16H21NO. The van der Waals surface area contributed by atoms with Gasteiger partial charge in [0, 0.05) is 24.8 Å². The molecule has 1 aromatic carbocycles. The van der Waals surface area contributed by atoms with E-state index in [0.717, 1.165) is 41.8 Å². The summed E-state index contributed by atoms with van der Waals surface area (Å²) in [6.45, 7) is 1.10. The standard InChI is InChI=1S/C16H21NO/c1-17(16-5-3-2-4-14(16)11-18)10-15-9-12-6-7-13(15)8-12/h2-5,11-13,15H,6-10H2,1H3. The first kappa shape index (κ1) is 11.8. The Hall–Kier alpha value is -1.31. The van der Waals surface area contributed by atoms with Crippen LogP contribution >= 0.6 is 0 Å². The van der Waals surface area contributed by atoms with Crippen LogP contribution in [-0.2, 0) is 0 Å². The minimum atomic E-state index is 0.808. The molecule has 3 unspecified atom stereocenters. The number of hydrogen-bond acceptors (Lipinski definition) is 2. The molecule has 0 saturated heterocycles. The fourth-order valence-corrected chi connectivity index (χ4v) is 3.98. The fraction of sp³-hybridized carbons (Fsp3) is 0.562. The molecule has 2 aliphatic carbocycles. The molecule has 0 heterocycles. The molecule has 2 saturated carbocycles. The van der Waals surface area contributed by atoms with Crippen molar-refractivity contribution in [1.29, 1.82) is 0 Å². The monoisotopic (exact) mass is 243 g/mol. The molecule has 3 rings (SSSR count). The van der Waals surface area contributed by atoms with Crippen LogP contribution in [0.5, 0.6) is 0 Å². The number of rotatable bonds is 4. The first-order valence-corrected chi connectivity index (χ1v) is 7.03. The van der Waals surface area contributed by atoms with E-state index in [1.54, 1.807) is 0 Å². The van der Waals surface area contributed by atoms with Crippen LogP contribution in [0.25, 0.3) is 0 Å². The summed E-state index contributed by atoms with van der Waals surface area (Å²) in [6.07, 6.45) is 6.70. The van der Waals surface area contributed by atoms with Crippen LogP contribution in [-0.4, -0.2) is 19.9 Å². The molecule has 2 fully saturated rings. The van der Waals surface area contributed by atoms with Gasteiger partial charge in [-0.1, -0.05) is 18.6 Å². The van der Waals surface area contributed by atoms with Gasteiger partial charge in [0.2, 0.25) is 0 Å². The molecule has 96 valence electrons. The molecular weight excluding hydrogens is 222 g/mol. The van der Waals surface area contributed by atoms with Gasteiger partial charge in [0.25, 0.3) is 0 Å². The zero-order valence-electron chi connectivity index (χ0n) is 11.0. The van der Waals surface area contributed by atoms with Gasteiger partial charge in [0.05, 0.1) is 0 Å². The Morgan fingerprint density at radius 1 is 1.28 bits per heavy atom. The van der Waals surface area contributed by atoms with E-state index in [0.29, 0.717) is 0 Å². The zero-order valence-corrected chi connectivity index (χ0v) is 11.0. The van der Waals surface area contributed by atoms with Gasteiger partial charge in [-0.05, 0) is 49.1 Å². The van der Waals surface area contributed by atoms with Crippen LogP contribution in [0.2, 0.25) is 0 Å². The lowest BCUT2D eigenvalue weighted by molar-refractivity contribution is 0.112. The number of aldehydes is 1. The molecule has 2 aliphatic rings. The first-order valence-electron chi connectivity index (χ1n) is 7.03. The number of benzene rings is 1. The molecule has 2 heteroatoms. The van der Waals surface area contributed by atoms with Crippen LogP contribution in [0.3, 0.4) is 0 Å². The minimum absolute atomic E-state index is 0.808. The van der Waals surface area contributed by atoms with Crippen molar-refractivity contribution in [3.63, 3.8) is 0 Å². The third kappa shape index (κ3) is 2.05. The van der Waals surface area contributed by atoms with E-state index in [1.807, 2.05) is 18.2 Å². The van der Waals surface area contributed by atoms with Gasteiger partial charge in [-0.2, -0.15) is 0 Å². The number of para-hydroxylation sites is 1. The summed E-state index contributed by atoms with van der Waals surface area (Å²) in [7, 11) is 2.12. The summed E-state index contributed by atoms with van der Waals surface area (Å²) in [5, 5.41) is 0. The lowest BCUT2D eigenvalue weighted by atomic mass is 9.88. The largest absolute Gasteiger partial charge is 0.374 e. The molecule has 0 aromatic heterocycles. The minimum Gasteiger partial charge on any atom is -0.374 e. The second kappa shape index (κ2) is 4.75. The van der Waals surface area contributed by atoms with E-state index in [4.69, 9.17) is 0 Å². The number of hydrogen-bond donors (Lipinski definition) is 0. The van der Waals surface area contributed by atoms with Crippen molar-refractivity contribution in [3.05, 3.63) is 29.8 Å². The Labute approximate surface area is 109 Å². The predicted molar refractivity (Wildman–Crippen MR) is 74.0 cm³/mol. The molecule has 0 amide bonds. The van der Waals surface area contributed by atoms with Gasteiger partial charge in [-0.15, -0.1) is 0 Å². The van der Waals surface area contributed by atoms with Gasteiger partial charge >= 0.3 is 0 Å². The maximum absolute atomic E-state index is 11.1. The molecule has 0 aliphatic heterocycles. The second-order valence-electron chi connectivity index (χ2n) is 5.99. The van der Waals surface area contributed by atoms with E-state index < -0.39 is 0 Å². The Morgan fingerprint density at radius 3 is 2.78 bits per heavy atom. The quantitative estimate of drug-likeness (QED) is 0.756. The number of carbonyl (C=O) groups excluding carboxylic acids is 1. The van der Waals surface area contributed by atoms with Gasteiger partial charge in [0.1, 0.15) is 0 Å². The second-order valence-corrected chi connectivity index (χ2v) is 5.99. The molecule has 0 spiro atoms. The normalized spacial score (nSPS) is 29.5. The van der Waals surface area contributed by atoms with Crippen molar-refractivity contribution in [1.82, 2.24) is 0 Å². The summed E-state index contributed by atoms with van der Waals surface area (Å²) < 4.78 is 0. The van der Waals surface area contributed by atoms with Crippen molar-refractivity contribution >= 4 is 12.0 Å². The first-order chi connectivity index (χ1) is 8.78. The third-order valence-electron chi connectivity index (χ3n) is 4.87. The lowest BCUT2D eigenvalue weighted by Crippen LogP contribution is -2.29. The maximum Gasteiger partial charge on any atom is 0.152 e. The van der Waals surface area contributed by atoms with Gasteiger partial charge in [0.15, 0.2) is 6.29 Å². The van der Waals surface area contributed by atoms with Crippen LogP contribution in [0.1, 0.15) is 36.0 Å². The number of carbonyl (C=O) groups is 1. The van der Waals surface area contributed by atoms with E-state index in [9.17, 15) is 4.79 Å². The summed E-state index contributed by atoms with van der Waals surface area (Å²) in [4.78, 5) is 13.3. The van der Waals surface area contributed by atoms with Gasteiger partial charge in [-0.25, -0.2) is 0 Å². The van der Waals surface area contributed by atoms with Crippen molar-refractivity contribution in [2.24, 2.45) is 17.8 Å². The predicted octanol–water partition coefficient (Wildman–Crippen LogP) is 3.37. The molecule has 0 N–H and O–H groups in total. The average Bonchev–Trinajstić information content (AvgIpc) is 3.01. The van der Waals surface area contributed by atoms with E-state index in [2.05, 4.69) is 18.0 Å². The SMILES string of the molecule is CN(CC1CC2CCC1C2)c1ccccc1C=O. The van der Waals surface area contributed by atoms with Crippen LogP contribution in [0.4, 0.5) is 5.69 Å². The van der Waals surface area contributed by atoms with Crippen molar-refractivity contribution in [2.75, 3.05) is 18.5 Å². The van der Waals surface area contributed by atoms with E-state index >= 15 is 0 Å². The summed E-state index contributed by atoms with van der Waals surface area (Å²) in [6, 6.07) is 7.90.